The second-order valence-corrected chi connectivity index (χ2v) is 7.19. The molecule has 1 N–H and O–H groups in total. The number of sulfonamides is 1. The zero-order valence-electron chi connectivity index (χ0n) is 12.3. The minimum atomic E-state index is -3.36. The molecule has 0 fully saturated rings. The summed E-state index contributed by atoms with van der Waals surface area (Å²) in [4.78, 5) is 0. The van der Waals surface area contributed by atoms with Crippen LogP contribution in [0, 0.1) is 6.92 Å². The molecule has 0 radical (unpaired) electrons. The molecule has 6 heteroatoms. The van der Waals surface area contributed by atoms with Crippen LogP contribution >= 0.6 is 11.6 Å². The summed E-state index contributed by atoms with van der Waals surface area (Å²) in [7, 11) is -3.36. The van der Waals surface area contributed by atoms with Gasteiger partial charge < -0.3 is 4.74 Å². The van der Waals surface area contributed by atoms with Gasteiger partial charge in [-0.1, -0.05) is 41.4 Å². The van der Waals surface area contributed by atoms with Crippen molar-refractivity contribution in [1.29, 1.82) is 0 Å². The van der Waals surface area contributed by atoms with Gasteiger partial charge in [-0.3, -0.25) is 0 Å². The number of nitrogens with one attached hydrogen (secondary N) is 1. The van der Waals surface area contributed by atoms with Gasteiger partial charge in [-0.25, -0.2) is 13.1 Å². The highest BCUT2D eigenvalue weighted by Crippen LogP contribution is 2.15. The Balaban J connectivity index is 1.79. The fourth-order valence-corrected chi connectivity index (χ4v) is 3.21. The summed E-state index contributed by atoms with van der Waals surface area (Å²) in [6, 6.07) is 14.4. The fraction of sp³-hybridized carbons (Fsp3) is 0.250. The number of aryl methyl sites for hydroxylation is 1. The quantitative estimate of drug-likeness (QED) is 0.788. The van der Waals surface area contributed by atoms with Gasteiger partial charge >= 0.3 is 0 Å². The molecule has 2 rings (SSSR count). The lowest BCUT2D eigenvalue weighted by molar-refractivity contribution is 0.323. The maximum atomic E-state index is 12.0. The molecule has 0 bridgehead atoms. The summed E-state index contributed by atoms with van der Waals surface area (Å²) in [5.74, 6) is 0.623. The molecule has 0 amide bonds. The number of hydrogen-bond acceptors (Lipinski definition) is 3. The first-order chi connectivity index (χ1) is 10.4. The number of halogens is 1. The van der Waals surface area contributed by atoms with Gasteiger partial charge in [0, 0.05) is 11.6 Å². The van der Waals surface area contributed by atoms with E-state index in [-0.39, 0.29) is 18.9 Å². The van der Waals surface area contributed by atoms with Crippen molar-refractivity contribution in [2.45, 2.75) is 12.7 Å². The van der Waals surface area contributed by atoms with Crippen LogP contribution in [0.25, 0.3) is 0 Å². The van der Waals surface area contributed by atoms with E-state index in [1.165, 1.54) is 0 Å². The van der Waals surface area contributed by atoms with Crippen LogP contribution in [0.4, 0.5) is 0 Å². The number of ether oxygens (including phenoxy) is 1. The second kappa shape index (κ2) is 7.63. The van der Waals surface area contributed by atoms with E-state index in [1.54, 1.807) is 30.3 Å². The van der Waals surface area contributed by atoms with Gasteiger partial charge in [0.05, 0.1) is 5.75 Å². The van der Waals surface area contributed by atoms with Crippen LogP contribution in [0.2, 0.25) is 5.02 Å². The molecule has 0 saturated carbocycles. The molecule has 118 valence electrons. The Kier molecular flexibility index (Phi) is 5.83. The molecule has 0 aliphatic carbocycles. The molecular formula is C16H18ClNO3S. The molecule has 0 aromatic heterocycles. The first-order valence-corrected chi connectivity index (χ1v) is 8.89. The highest BCUT2D eigenvalue weighted by Gasteiger charge is 2.11. The fourth-order valence-electron chi connectivity index (χ4n) is 1.97. The van der Waals surface area contributed by atoms with Crippen molar-refractivity contribution in [1.82, 2.24) is 4.72 Å². The molecule has 2 aromatic rings. The Morgan fingerprint density at radius 3 is 2.55 bits per heavy atom. The highest BCUT2D eigenvalue weighted by molar-refractivity contribution is 7.88. The van der Waals surface area contributed by atoms with Crippen molar-refractivity contribution in [3.8, 4) is 5.75 Å². The van der Waals surface area contributed by atoms with Crippen molar-refractivity contribution in [3.63, 3.8) is 0 Å². The average Bonchev–Trinajstić information content (AvgIpc) is 2.45. The first kappa shape index (κ1) is 16.8. The lowest BCUT2D eigenvalue weighted by Crippen LogP contribution is -2.29. The van der Waals surface area contributed by atoms with Crippen LogP contribution < -0.4 is 9.46 Å². The maximum Gasteiger partial charge on any atom is 0.215 e. The van der Waals surface area contributed by atoms with Crippen LogP contribution in [0.3, 0.4) is 0 Å². The lowest BCUT2D eigenvalue weighted by atomic mass is 10.2. The Morgan fingerprint density at radius 1 is 1.14 bits per heavy atom. The Hall–Kier alpha value is -1.56. The van der Waals surface area contributed by atoms with Crippen molar-refractivity contribution in [3.05, 3.63) is 64.7 Å². The summed E-state index contributed by atoms with van der Waals surface area (Å²) in [5.41, 5.74) is 1.81. The van der Waals surface area contributed by atoms with E-state index in [9.17, 15) is 8.42 Å². The molecule has 0 spiro atoms. The van der Waals surface area contributed by atoms with Crippen molar-refractivity contribution in [2.24, 2.45) is 0 Å². The predicted molar refractivity (Wildman–Crippen MR) is 88.8 cm³/mol. The Morgan fingerprint density at radius 2 is 1.86 bits per heavy atom. The number of rotatable bonds is 7. The number of benzene rings is 2. The minimum absolute atomic E-state index is 0.0321. The SMILES string of the molecule is Cc1cccc(CS(=O)(=O)NCCOc2ccc(Cl)cc2)c1. The molecular weight excluding hydrogens is 322 g/mol. The smallest absolute Gasteiger partial charge is 0.215 e. The minimum Gasteiger partial charge on any atom is -0.492 e. The van der Waals surface area contributed by atoms with Gasteiger partial charge in [0.15, 0.2) is 0 Å². The standard InChI is InChI=1S/C16H18ClNO3S/c1-13-3-2-4-14(11-13)12-22(19,20)18-9-10-21-16-7-5-15(17)6-8-16/h2-8,11,18H,9-10,12H2,1H3. The normalized spacial score (nSPS) is 11.4. The van der Waals surface area contributed by atoms with Crippen molar-refractivity contribution in [2.75, 3.05) is 13.2 Å². The topological polar surface area (TPSA) is 55.4 Å². The third-order valence-electron chi connectivity index (χ3n) is 2.95. The van der Waals surface area contributed by atoms with Crippen LogP contribution in [0.5, 0.6) is 5.75 Å². The summed E-state index contributed by atoms with van der Waals surface area (Å²) >= 11 is 5.77. The summed E-state index contributed by atoms with van der Waals surface area (Å²) in [6.07, 6.45) is 0. The second-order valence-electron chi connectivity index (χ2n) is 4.94. The Labute approximate surface area is 136 Å². The van der Waals surface area contributed by atoms with Crippen LogP contribution in [-0.4, -0.2) is 21.6 Å². The van der Waals surface area contributed by atoms with Gasteiger partial charge in [-0.05, 0) is 36.8 Å². The van der Waals surface area contributed by atoms with Gasteiger partial charge in [0.2, 0.25) is 10.0 Å². The van der Waals surface area contributed by atoms with Gasteiger partial charge in [0.1, 0.15) is 12.4 Å². The summed E-state index contributed by atoms with van der Waals surface area (Å²) in [6.45, 7) is 2.41. The first-order valence-electron chi connectivity index (χ1n) is 6.86. The lowest BCUT2D eigenvalue weighted by Gasteiger charge is -2.09. The van der Waals surface area contributed by atoms with E-state index in [1.807, 2.05) is 25.1 Å². The average molecular weight is 340 g/mol. The monoisotopic (exact) mass is 339 g/mol. The summed E-state index contributed by atoms with van der Waals surface area (Å²) in [5, 5.41) is 0.631. The molecule has 0 atom stereocenters. The van der Waals surface area contributed by atoms with E-state index in [2.05, 4.69) is 4.72 Å². The third-order valence-corrected chi connectivity index (χ3v) is 4.55. The zero-order chi connectivity index (χ0) is 16.0. The maximum absolute atomic E-state index is 12.0. The van der Waals surface area contributed by atoms with E-state index in [0.717, 1.165) is 11.1 Å². The predicted octanol–water partition coefficient (Wildman–Crippen LogP) is 3.15. The van der Waals surface area contributed by atoms with Gasteiger partial charge in [-0.15, -0.1) is 0 Å². The van der Waals surface area contributed by atoms with Gasteiger partial charge in [0.25, 0.3) is 0 Å². The molecule has 22 heavy (non-hydrogen) atoms. The molecule has 2 aromatic carbocycles. The zero-order valence-corrected chi connectivity index (χ0v) is 13.8. The van der Waals surface area contributed by atoms with Gasteiger partial charge in [-0.2, -0.15) is 0 Å². The largest absolute Gasteiger partial charge is 0.492 e. The van der Waals surface area contributed by atoms with E-state index in [4.69, 9.17) is 16.3 Å². The molecule has 4 nitrogen and oxygen atoms in total. The molecule has 0 aliphatic heterocycles. The van der Waals surface area contributed by atoms with Crippen LogP contribution in [-0.2, 0) is 15.8 Å². The van der Waals surface area contributed by atoms with Crippen molar-refractivity contribution < 1.29 is 13.2 Å². The van der Waals surface area contributed by atoms with E-state index < -0.39 is 10.0 Å². The van der Waals surface area contributed by atoms with Crippen molar-refractivity contribution >= 4 is 21.6 Å². The number of hydrogen-bond donors (Lipinski definition) is 1. The molecule has 0 heterocycles. The van der Waals surface area contributed by atoms with Crippen LogP contribution in [0.15, 0.2) is 48.5 Å². The van der Waals surface area contributed by atoms with E-state index in [0.29, 0.717) is 10.8 Å². The summed E-state index contributed by atoms with van der Waals surface area (Å²) < 4.78 is 31.9. The van der Waals surface area contributed by atoms with E-state index >= 15 is 0 Å². The Bertz CT molecular complexity index is 714. The van der Waals surface area contributed by atoms with Crippen LogP contribution in [0.1, 0.15) is 11.1 Å². The third kappa shape index (κ3) is 5.67. The molecule has 0 unspecified atom stereocenters. The molecule has 0 aliphatic rings. The molecule has 0 saturated heterocycles. The highest BCUT2D eigenvalue weighted by atomic mass is 35.5.